The van der Waals surface area contributed by atoms with E-state index in [0.29, 0.717) is 12.2 Å². The fourth-order valence-corrected chi connectivity index (χ4v) is 7.92. The number of aryl methyl sites for hydroxylation is 1. The molecule has 0 bridgehead atoms. The van der Waals surface area contributed by atoms with Crippen LogP contribution in [0.1, 0.15) is 82.3 Å². The van der Waals surface area contributed by atoms with Crippen LogP contribution in [0.3, 0.4) is 0 Å². The predicted octanol–water partition coefficient (Wildman–Crippen LogP) is 5.97. The summed E-state index contributed by atoms with van der Waals surface area (Å²) in [6, 6.07) is 18.7. The molecule has 1 unspecified atom stereocenters. The normalized spacial score (nSPS) is 29.4. The summed E-state index contributed by atoms with van der Waals surface area (Å²) in [5, 5.41) is 3.42. The first-order chi connectivity index (χ1) is 19.7. The molecule has 6 nitrogen and oxygen atoms in total. The van der Waals surface area contributed by atoms with Crippen molar-refractivity contribution in [2.75, 3.05) is 33.8 Å². The van der Waals surface area contributed by atoms with E-state index in [4.69, 9.17) is 9.47 Å². The number of carbonyl (C=O) groups is 2. The Bertz CT molecular complexity index is 1200. The van der Waals surface area contributed by atoms with E-state index < -0.39 is 0 Å². The van der Waals surface area contributed by atoms with Crippen molar-refractivity contribution in [3.63, 3.8) is 0 Å². The van der Waals surface area contributed by atoms with Gasteiger partial charge in [0.15, 0.2) is 0 Å². The number of likely N-dealkylation sites (N-methyl/N-ethyl adjacent to an activating group) is 1. The quantitative estimate of drug-likeness (QED) is 0.150. The molecular weight excluding hydrogens is 512 g/mol. The van der Waals surface area contributed by atoms with Gasteiger partial charge in [0.2, 0.25) is 5.91 Å². The first-order valence-corrected chi connectivity index (χ1v) is 15.8. The first kappa shape index (κ1) is 29.8. The third kappa shape index (κ3) is 7.03. The summed E-state index contributed by atoms with van der Waals surface area (Å²) in [5.41, 5.74) is 1.94. The van der Waals surface area contributed by atoms with Gasteiger partial charge in [0.25, 0.3) is 0 Å². The minimum absolute atomic E-state index is 0.104. The fourth-order valence-electron chi connectivity index (χ4n) is 7.92. The Morgan fingerprint density at radius 1 is 1.00 bits per heavy atom. The molecule has 1 amide bonds. The second-order valence-electron chi connectivity index (χ2n) is 13.3. The van der Waals surface area contributed by atoms with E-state index in [0.717, 1.165) is 80.4 Å². The lowest BCUT2D eigenvalue weighted by Crippen LogP contribution is -2.72. The number of hydrogen-bond donors (Lipinski definition) is 1. The standard InChI is InChI=1S/C35H48N2O4/c1-27(38)41-32-15-10-14-30(23-32)34-21-22-37(2,25-29-17-18-29)26-35(34,40-3)20-19-31(24-34)36-33(39)16-9-5-8-13-28-11-6-4-7-12-28/h4,6-7,10-12,14-15,23,29,31H,5,8-9,13,16-22,24-26H2,1-3H3/p+1/t31-,34-,35?,37+/m0/s1. The van der Waals surface area contributed by atoms with Crippen molar-refractivity contribution in [3.05, 3.63) is 65.7 Å². The number of quaternary nitrogens is 1. The summed E-state index contributed by atoms with van der Waals surface area (Å²) in [4.78, 5) is 24.9. The van der Waals surface area contributed by atoms with Gasteiger partial charge in [-0.1, -0.05) is 48.9 Å². The molecule has 2 aromatic rings. The monoisotopic (exact) mass is 561 g/mol. The number of amides is 1. The molecule has 1 heterocycles. The highest BCUT2D eigenvalue weighted by Gasteiger charge is 2.63. The van der Waals surface area contributed by atoms with Crippen LogP contribution >= 0.6 is 0 Å². The van der Waals surface area contributed by atoms with E-state index in [2.05, 4.69) is 48.8 Å². The Morgan fingerprint density at radius 3 is 2.54 bits per heavy atom. The summed E-state index contributed by atoms with van der Waals surface area (Å²) in [7, 11) is 4.29. The molecule has 5 rings (SSSR count). The van der Waals surface area contributed by atoms with Crippen molar-refractivity contribution in [1.82, 2.24) is 5.32 Å². The average molecular weight is 562 g/mol. The molecule has 0 radical (unpaired) electrons. The highest BCUT2D eigenvalue weighted by atomic mass is 16.5. The van der Waals surface area contributed by atoms with E-state index in [1.165, 1.54) is 31.9 Å². The van der Waals surface area contributed by atoms with Gasteiger partial charge < -0.3 is 19.3 Å². The summed E-state index contributed by atoms with van der Waals surface area (Å²) in [6.07, 6.45) is 11.1. The van der Waals surface area contributed by atoms with Gasteiger partial charge in [-0.25, -0.2) is 0 Å². The second kappa shape index (κ2) is 12.7. The van der Waals surface area contributed by atoms with Crippen molar-refractivity contribution < 1.29 is 23.5 Å². The minimum atomic E-state index is -0.331. The Labute approximate surface area is 246 Å². The van der Waals surface area contributed by atoms with Crippen molar-refractivity contribution in [2.45, 2.75) is 94.6 Å². The molecule has 2 aromatic carbocycles. The highest BCUT2D eigenvalue weighted by molar-refractivity contribution is 5.76. The Balaban J connectivity index is 1.28. The maximum Gasteiger partial charge on any atom is 0.308 e. The number of hydrogen-bond acceptors (Lipinski definition) is 4. The summed E-state index contributed by atoms with van der Waals surface area (Å²) >= 11 is 0. The molecule has 2 aliphatic carbocycles. The zero-order valence-corrected chi connectivity index (χ0v) is 25.3. The summed E-state index contributed by atoms with van der Waals surface area (Å²) < 4.78 is 13.2. The summed E-state index contributed by atoms with van der Waals surface area (Å²) in [6.45, 7) is 4.72. The number of ether oxygens (including phenoxy) is 2. The van der Waals surface area contributed by atoms with E-state index >= 15 is 0 Å². The molecule has 222 valence electrons. The van der Waals surface area contributed by atoms with Gasteiger partial charge in [0, 0.05) is 44.2 Å². The van der Waals surface area contributed by atoms with Gasteiger partial charge in [-0.05, 0) is 74.6 Å². The zero-order chi connectivity index (χ0) is 28.9. The van der Waals surface area contributed by atoms with Crippen LogP contribution in [0.25, 0.3) is 0 Å². The average Bonchev–Trinajstić information content (AvgIpc) is 3.77. The molecule has 0 aromatic heterocycles. The molecule has 1 aliphatic heterocycles. The van der Waals surface area contributed by atoms with Gasteiger partial charge in [0.05, 0.1) is 20.1 Å². The van der Waals surface area contributed by atoms with E-state index in [-0.39, 0.29) is 28.9 Å². The number of fused-ring (bicyclic) bond motifs is 1. The lowest BCUT2D eigenvalue weighted by Gasteiger charge is -2.61. The number of unbranched alkanes of at least 4 members (excludes halogenated alkanes) is 2. The molecule has 0 spiro atoms. The number of benzene rings is 2. The molecule has 3 fully saturated rings. The Hall–Kier alpha value is -2.70. The van der Waals surface area contributed by atoms with Gasteiger partial charge >= 0.3 is 5.97 Å². The van der Waals surface area contributed by atoms with Crippen LogP contribution in [0, 0.1) is 5.92 Å². The highest BCUT2D eigenvalue weighted by Crippen LogP contribution is 2.55. The van der Waals surface area contributed by atoms with Crippen molar-refractivity contribution in [2.24, 2.45) is 5.92 Å². The van der Waals surface area contributed by atoms with Crippen molar-refractivity contribution in [3.8, 4) is 5.75 Å². The van der Waals surface area contributed by atoms with Crippen LogP contribution in [-0.2, 0) is 26.2 Å². The van der Waals surface area contributed by atoms with Crippen molar-refractivity contribution in [1.29, 1.82) is 0 Å². The number of nitrogens with one attached hydrogen (secondary N) is 1. The van der Waals surface area contributed by atoms with Gasteiger partial charge in [0.1, 0.15) is 17.9 Å². The predicted molar refractivity (Wildman–Crippen MR) is 162 cm³/mol. The van der Waals surface area contributed by atoms with E-state index in [1.54, 1.807) is 0 Å². The van der Waals surface area contributed by atoms with E-state index in [1.807, 2.05) is 25.3 Å². The molecule has 1 saturated heterocycles. The summed E-state index contributed by atoms with van der Waals surface area (Å²) in [5.74, 6) is 1.27. The lowest BCUT2D eigenvalue weighted by molar-refractivity contribution is -0.925. The lowest BCUT2D eigenvalue weighted by atomic mass is 9.54. The third-order valence-electron chi connectivity index (χ3n) is 10.1. The molecule has 41 heavy (non-hydrogen) atoms. The molecular formula is C35H49N2O4+. The number of carbonyl (C=O) groups excluding carboxylic acids is 2. The first-order valence-electron chi connectivity index (χ1n) is 15.8. The second-order valence-corrected chi connectivity index (χ2v) is 13.3. The van der Waals surface area contributed by atoms with Crippen LogP contribution in [0.4, 0.5) is 0 Å². The molecule has 2 saturated carbocycles. The van der Waals surface area contributed by atoms with Crippen molar-refractivity contribution >= 4 is 11.9 Å². The Morgan fingerprint density at radius 2 is 1.80 bits per heavy atom. The fraction of sp³-hybridized carbons (Fsp3) is 0.600. The van der Waals surface area contributed by atoms with Crippen LogP contribution in [-0.4, -0.2) is 61.8 Å². The molecule has 1 N–H and O–H groups in total. The largest absolute Gasteiger partial charge is 0.427 e. The number of esters is 1. The third-order valence-corrected chi connectivity index (χ3v) is 10.1. The van der Waals surface area contributed by atoms with E-state index in [9.17, 15) is 9.59 Å². The smallest absolute Gasteiger partial charge is 0.308 e. The van der Waals surface area contributed by atoms with Gasteiger partial charge in [-0.15, -0.1) is 0 Å². The Kier molecular flexibility index (Phi) is 9.20. The minimum Gasteiger partial charge on any atom is -0.427 e. The van der Waals surface area contributed by atoms with Gasteiger partial charge in [-0.2, -0.15) is 0 Å². The molecule has 6 heteroatoms. The molecule has 3 aliphatic rings. The van der Waals surface area contributed by atoms with Crippen LogP contribution in [0.2, 0.25) is 0 Å². The number of rotatable bonds is 12. The number of nitrogens with zero attached hydrogens (tertiary/aromatic N) is 1. The van der Waals surface area contributed by atoms with Gasteiger partial charge in [-0.3, -0.25) is 9.59 Å². The number of likely N-dealkylation sites (tertiary alicyclic amines) is 1. The SMILES string of the molecule is COC12CC[C@H](NC(=O)CCCCCc3ccccc3)C[C@]1(c1cccc(OC(C)=O)c1)CC[N@+](C)(CC1CC1)C2. The van der Waals surface area contributed by atoms with Crippen LogP contribution in [0.5, 0.6) is 5.75 Å². The zero-order valence-electron chi connectivity index (χ0n) is 25.3. The number of piperidine rings is 1. The topological polar surface area (TPSA) is 64.6 Å². The number of methoxy groups -OCH3 is 1. The van der Waals surface area contributed by atoms with Crippen LogP contribution in [0.15, 0.2) is 54.6 Å². The maximum absolute atomic E-state index is 13.1. The van der Waals surface area contributed by atoms with Crippen LogP contribution < -0.4 is 10.1 Å². The molecule has 4 atom stereocenters. The maximum atomic E-state index is 13.1.